The number of hydrogen-bond acceptors (Lipinski definition) is 3. The molecule has 1 fully saturated rings. The van der Waals surface area contributed by atoms with Crippen LogP contribution in [0.3, 0.4) is 0 Å². The van der Waals surface area contributed by atoms with Gasteiger partial charge in [-0.3, -0.25) is 9.69 Å². The summed E-state index contributed by atoms with van der Waals surface area (Å²) in [4.78, 5) is 24.9. The molecule has 1 amide bonds. The maximum Gasteiger partial charge on any atom is 0.233 e. The van der Waals surface area contributed by atoms with Gasteiger partial charge in [-0.05, 0) is 30.2 Å². The molecule has 1 saturated heterocycles. The zero-order valence-corrected chi connectivity index (χ0v) is 16.5. The average molecular weight is 392 g/mol. The van der Waals surface area contributed by atoms with Crippen LogP contribution in [-0.2, 0) is 11.3 Å². The number of carbonyl (C=O) groups excluding carboxylic acids is 1. The van der Waals surface area contributed by atoms with Crippen LogP contribution < -0.4 is 0 Å². The number of halogens is 1. The quantitative estimate of drug-likeness (QED) is 0.721. The van der Waals surface area contributed by atoms with Gasteiger partial charge in [-0.1, -0.05) is 42.5 Å². The molecule has 1 unspecified atom stereocenters. The highest BCUT2D eigenvalue weighted by Gasteiger charge is 2.27. The van der Waals surface area contributed by atoms with Gasteiger partial charge in [-0.15, -0.1) is 0 Å². The summed E-state index contributed by atoms with van der Waals surface area (Å²) in [6.07, 6.45) is 1.79. The largest absolute Gasteiger partial charge is 0.341 e. The molecule has 150 valence electrons. The summed E-state index contributed by atoms with van der Waals surface area (Å²) >= 11 is 0. The molecule has 2 aromatic carbocycles. The molecule has 3 aromatic rings. The lowest BCUT2D eigenvalue weighted by Gasteiger charge is -2.35. The molecule has 1 atom stereocenters. The van der Waals surface area contributed by atoms with Crippen LogP contribution >= 0.6 is 0 Å². The first-order valence-electron chi connectivity index (χ1n) is 9.96. The van der Waals surface area contributed by atoms with Gasteiger partial charge in [0, 0.05) is 32.7 Å². The Morgan fingerprint density at radius 2 is 1.76 bits per heavy atom. The number of carbonyl (C=O) groups is 1. The third-order valence-corrected chi connectivity index (χ3v) is 5.46. The number of aromatic nitrogens is 2. The van der Waals surface area contributed by atoms with Crippen LogP contribution in [0.15, 0.2) is 60.8 Å². The van der Waals surface area contributed by atoms with Crippen molar-refractivity contribution in [3.63, 3.8) is 0 Å². The molecule has 4 rings (SSSR count). The zero-order valence-electron chi connectivity index (χ0n) is 16.5. The van der Waals surface area contributed by atoms with Crippen molar-refractivity contribution in [2.45, 2.75) is 19.4 Å². The second-order valence-corrected chi connectivity index (χ2v) is 7.50. The van der Waals surface area contributed by atoms with Crippen molar-refractivity contribution in [3.05, 3.63) is 78.0 Å². The van der Waals surface area contributed by atoms with Crippen molar-refractivity contribution in [3.8, 4) is 11.3 Å². The van der Waals surface area contributed by atoms with E-state index in [1.807, 2.05) is 54.3 Å². The van der Waals surface area contributed by atoms with Crippen LogP contribution in [0.2, 0.25) is 0 Å². The van der Waals surface area contributed by atoms with Crippen LogP contribution in [0, 0.1) is 5.82 Å². The third kappa shape index (κ3) is 4.54. The van der Waals surface area contributed by atoms with E-state index in [1.54, 1.807) is 6.20 Å². The molecule has 2 heterocycles. The van der Waals surface area contributed by atoms with Crippen LogP contribution in [0.25, 0.3) is 11.3 Å². The minimum absolute atomic E-state index is 0.0976. The van der Waals surface area contributed by atoms with Gasteiger partial charge >= 0.3 is 0 Å². The fourth-order valence-corrected chi connectivity index (χ4v) is 3.69. The Labute approximate surface area is 170 Å². The second-order valence-electron chi connectivity index (χ2n) is 7.50. The number of rotatable bonds is 5. The maximum atomic E-state index is 13.1. The molecule has 0 spiro atoms. The number of piperazine rings is 1. The van der Waals surface area contributed by atoms with Gasteiger partial charge in [0.15, 0.2) is 0 Å². The number of benzene rings is 2. The van der Waals surface area contributed by atoms with Crippen LogP contribution in [0.5, 0.6) is 0 Å². The highest BCUT2D eigenvalue weighted by molar-refractivity contribution is 5.82. The monoisotopic (exact) mass is 392 g/mol. The first kappa shape index (κ1) is 19.3. The fourth-order valence-electron chi connectivity index (χ4n) is 3.69. The Balaban J connectivity index is 1.33. The van der Waals surface area contributed by atoms with E-state index in [2.05, 4.69) is 14.9 Å². The van der Waals surface area contributed by atoms with E-state index in [-0.39, 0.29) is 17.6 Å². The Kier molecular flexibility index (Phi) is 5.71. The van der Waals surface area contributed by atoms with Crippen molar-refractivity contribution < 1.29 is 9.18 Å². The van der Waals surface area contributed by atoms with E-state index in [4.69, 9.17) is 0 Å². The van der Waals surface area contributed by atoms with Crippen LogP contribution in [0.1, 0.15) is 24.2 Å². The van der Waals surface area contributed by atoms with Gasteiger partial charge in [0.2, 0.25) is 5.91 Å². The molecule has 0 aliphatic carbocycles. The number of aromatic amines is 1. The average Bonchev–Trinajstić information content (AvgIpc) is 3.26. The van der Waals surface area contributed by atoms with Crippen molar-refractivity contribution in [1.82, 2.24) is 19.8 Å². The Morgan fingerprint density at radius 1 is 1.07 bits per heavy atom. The molecule has 5 nitrogen and oxygen atoms in total. The highest BCUT2D eigenvalue weighted by Crippen LogP contribution is 2.22. The molecular weight excluding hydrogens is 367 g/mol. The van der Waals surface area contributed by atoms with Crippen LogP contribution in [-0.4, -0.2) is 51.9 Å². The molecular formula is C23H25FN4O. The molecule has 0 radical (unpaired) electrons. The molecule has 6 heteroatoms. The highest BCUT2D eigenvalue weighted by atomic mass is 19.1. The van der Waals surface area contributed by atoms with Gasteiger partial charge in [-0.2, -0.15) is 0 Å². The number of nitrogens with one attached hydrogen (secondary N) is 1. The van der Waals surface area contributed by atoms with E-state index >= 15 is 0 Å². The maximum absolute atomic E-state index is 13.1. The lowest BCUT2D eigenvalue weighted by molar-refractivity contribution is -0.134. The summed E-state index contributed by atoms with van der Waals surface area (Å²) in [5.74, 6) is 0.269. The van der Waals surface area contributed by atoms with Gasteiger partial charge in [0.1, 0.15) is 11.6 Å². The van der Waals surface area contributed by atoms with Crippen molar-refractivity contribution in [1.29, 1.82) is 0 Å². The number of hydrogen-bond donors (Lipinski definition) is 1. The van der Waals surface area contributed by atoms with Crippen molar-refractivity contribution in [2.75, 3.05) is 26.2 Å². The van der Waals surface area contributed by atoms with Crippen molar-refractivity contribution in [2.24, 2.45) is 0 Å². The molecule has 0 bridgehead atoms. The second kappa shape index (κ2) is 8.57. The van der Waals surface area contributed by atoms with Gasteiger partial charge in [0.25, 0.3) is 0 Å². The Hall–Kier alpha value is -2.99. The smallest absolute Gasteiger partial charge is 0.233 e. The summed E-state index contributed by atoms with van der Waals surface area (Å²) in [6, 6.07) is 16.6. The molecule has 0 saturated carbocycles. The van der Waals surface area contributed by atoms with Gasteiger partial charge in [0.05, 0.1) is 17.8 Å². The third-order valence-electron chi connectivity index (χ3n) is 5.46. The van der Waals surface area contributed by atoms with Gasteiger partial charge < -0.3 is 9.88 Å². The number of amides is 1. The summed E-state index contributed by atoms with van der Waals surface area (Å²) in [7, 11) is 0. The van der Waals surface area contributed by atoms with E-state index in [0.717, 1.165) is 36.5 Å². The van der Waals surface area contributed by atoms with E-state index < -0.39 is 0 Å². The minimum atomic E-state index is -0.309. The SMILES string of the molecule is CC(C(=O)N1CCN(Cc2ccc(F)cc2)CC1)c1ncc(-c2ccccc2)[nH]1. The van der Waals surface area contributed by atoms with E-state index in [0.29, 0.717) is 18.9 Å². The molecule has 1 aliphatic rings. The standard InChI is InChI=1S/C23H25FN4O/c1-17(22-25-15-21(26-22)19-5-3-2-4-6-19)23(29)28-13-11-27(12-14-28)16-18-7-9-20(24)10-8-18/h2-10,15,17H,11-14,16H2,1H3,(H,25,26). The summed E-state index contributed by atoms with van der Waals surface area (Å²) in [5, 5.41) is 0. The Bertz CT molecular complexity index is 947. The fraction of sp³-hybridized carbons (Fsp3) is 0.304. The molecule has 29 heavy (non-hydrogen) atoms. The topological polar surface area (TPSA) is 52.2 Å². The number of H-pyrrole nitrogens is 1. The molecule has 1 aromatic heterocycles. The predicted molar refractivity (Wildman–Crippen MR) is 111 cm³/mol. The number of imidazole rings is 1. The van der Waals surface area contributed by atoms with Crippen LogP contribution in [0.4, 0.5) is 4.39 Å². The Morgan fingerprint density at radius 3 is 2.45 bits per heavy atom. The molecule has 1 N–H and O–H groups in total. The predicted octanol–water partition coefficient (Wildman–Crippen LogP) is 3.66. The zero-order chi connectivity index (χ0) is 20.2. The van der Waals surface area contributed by atoms with E-state index in [9.17, 15) is 9.18 Å². The lowest BCUT2D eigenvalue weighted by atomic mass is 10.1. The molecule has 1 aliphatic heterocycles. The first-order chi connectivity index (χ1) is 14.1. The number of nitrogens with zero attached hydrogens (tertiary/aromatic N) is 3. The summed E-state index contributed by atoms with van der Waals surface area (Å²) in [5.41, 5.74) is 3.06. The lowest BCUT2D eigenvalue weighted by Crippen LogP contribution is -2.49. The van der Waals surface area contributed by atoms with E-state index in [1.165, 1.54) is 12.1 Å². The normalized spacial score (nSPS) is 16.0. The first-order valence-corrected chi connectivity index (χ1v) is 9.96. The summed E-state index contributed by atoms with van der Waals surface area (Å²) < 4.78 is 13.1. The minimum Gasteiger partial charge on any atom is -0.341 e. The van der Waals surface area contributed by atoms with Crippen molar-refractivity contribution >= 4 is 5.91 Å². The summed E-state index contributed by atoms with van der Waals surface area (Å²) in [6.45, 7) is 5.68. The van der Waals surface area contributed by atoms with Gasteiger partial charge in [-0.25, -0.2) is 9.37 Å².